The van der Waals surface area contributed by atoms with Crippen molar-refractivity contribution in [3.05, 3.63) is 41.8 Å². The van der Waals surface area contributed by atoms with Gasteiger partial charge in [-0.2, -0.15) is 4.31 Å². The summed E-state index contributed by atoms with van der Waals surface area (Å²) >= 11 is 2.66. The molecule has 0 saturated carbocycles. The van der Waals surface area contributed by atoms with Crippen LogP contribution in [-0.4, -0.2) is 36.7 Å². The molecule has 1 N–H and O–H groups in total. The minimum atomic E-state index is -3.43. The lowest BCUT2D eigenvalue weighted by molar-refractivity contribution is -0.120. The zero-order chi connectivity index (χ0) is 18.1. The van der Waals surface area contributed by atoms with E-state index in [9.17, 15) is 13.2 Å². The Balaban J connectivity index is 1.39. The van der Waals surface area contributed by atoms with Gasteiger partial charge in [0.2, 0.25) is 5.91 Å². The molecule has 4 rings (SSSR count). The second-order valence-electron chi connectivity index (χ2n) is 6.09. The van der Waals surface area contributed by atoms with Crippen LogP contribution in [0.4, 0.5) is 5.13 Å². The molecular formula is C17H17N3O3S3. The van der Waals surface area contributed by atoms with Crippen molar-refractivity contribution >= 4 is 54.0 Å². The van der Waals surface area contributed by atoms with E-state index in [2.05, 4.69) is 10.3 Å². The number of carbonyl (C=O) groups is 1. The van der Waals surface area contributed by atoms with Crippen molar-refractivity contribution in [1.29, 1.82) is 0 Å². The molecule has 0 atom stereocenters. The van der Waals surface area contributed by atoms with E-state index in [1.807, 2.05) is 24.3 Å². The zero-order valence-corrected chi connectivity index (χ0v) is 16.2. The number of hydrogen-bond donors (Lipinski definition) is 1. The summed E-state index contributed by atoms with van der Waals surface area (Å²) in [5.41, 5.74) is 0.865. The number of thiazole rings is 1. The number of rotatable bonds is 4. The van der Waals surface area contributed by atoms with Crippen LogP contribution in [0.2, 0.25) is 0 Å². The number of carbonyl (C=O) groups excluding carboxylic acids is 1. The van der Waals surface area contributed by atoms with E-state index in [0.717, 1.165) is 10.2 Å². The molecule has 2 aromatic heterocycles. The van der Waals surface area contributed by atoms with Crippen LogP contribution in [0.1, 0.15) is 12.8 Å². The van der Waals surface area contributed by atoms with Crippen LogP contribution >= 0.6 is 22.7 Å². The monoisotopic (exact) mass is 407 g/mol. The van der Waals surface area contributed by atoms with Gasteiger partial charge in [0.05, 0.1) is 10.2 Å². The summed E-state index contributed by atoms with van der Waals surface area (Å²) in [6, 6.07) is 11.1. The van der Waals surface area contributed by atoms with Crippen molar-refractivity contribution < 1.29 is 13.2 Å². The molecule has 1 saturated heterocycles. The second-order valence-corrected chi connectivity index (χ2v) is 10.2. The summed E-state index contributed by atoms with van der Waals surface area (Å²) in [7, 11) is -3.43. The number of sulfonamides is 1. The summed E-state index contributed by atoms with van der Waals surface area (Å²) in [6.45, 7) is 0.719. The number of nitrogens with one attached hydrogen (secondary N) is 1. The maximum absolute atomic E-state index is 12.5. The molecule has 3 aromatic rings. The lowest BCUT2D eigenvalue weighted by Gasteiger charge is -2.29. The van der Waals surface area contributed by atoms with Crippen LogP contribution in [0.25, 0.3) is 10.2 Å². The number of amides is 1. The molecule has 9 heteroatoms. The van der Waals surface area contributed by atoms with E-state index in [1.54, 1.807) is 17.5 Å². The van der Waals surface area contributed by atoms with Gasteiger partial charge in [-0.15, -0.1) is 11.3 Å². The first kappa shape index (κ1) is 17.6. The molecule has 0 bridgehead atoms. The van der Waals surface area contributed by atoms with Gasteiger partial charge in [-0.25, -0.2) is 13.4 Å². The van der Waals surface area contributed by atoms with Crippen molar-refractivity contribution in [2.45, 2.75) is 17.1 Å². The number of nitrogens with zero attached hydrogens (tertiary/aromatic N) is 2. The Labute approximate surface area is 159 Å². The first-order valence-corrected chi connectivity index (χ1v) is 11.4. The molecule has 0 aliphatic carbocycles. The fraction of sp³-hybridized carbons (Fsp3) is 0.294. The third-order valence-corrected chi connectivity index (χ3v) is 8.66. The first-order valence-electron chi connectivity index (χ1n) is 8.24. The molecule has 1 amide bonds. The second kappa shape index (κ2) is 7.07. The summed E-state index contributed by atoms with van der Waals surface area (Å²) in [6.07, 6.45) is 1.03. The number of hydrogen-bond acceptors (Lipinski definition) is 6. The van der Waals surface area contributed by atoms with Crippen molar-refractivity contribution in [3.8, 4) is 0 Å². The highest BCUT2D eigenvalue weighted by molar-refractivity contribution is 7.91. The van der Waals surface area contributed by atoms with Gasteiger partial charge in [0.1, 0.15) is 4.21 Å². The van der Waals surface area contributed by atoms with Gasteiger partial charge in [-0.3, -0.25) is 4.79 Å². The predicted octanol–water partition coefficient (Wildman–Crippen LogP) is 3.40. The highest BCUT2D eigenvalue weighted by Gasteiger charge is 2.32. The lowest BCUT2D eigenvalue weighted by atomic mass is 9.97. The fourth-order valence-corrected chi connectivity index (χ4v) is 6.51. The van der Waals surface area contributed by atoms with Gasteiger partial charge in [0.15, 0.2) is 5.13 Å². The molecule has 26 heavy (non-hydrogen) atoms. The maximum atomic E-state index is 12.5. The van der Waals surface area contributed by atoms with E-state index in [0.29, 0.717) is 35.3 Å². The summed E-state index contributed by atoms with van der Waals surface area (Å²) in [5.74, 6) is -0.283. The van der Waals surface area contributed by atoms with Gasteiger partial charge in [-0.1, -0.05) is 29.5 Å². The number of thiophene rings is 1. The predicted molar refractivity (Wildman–Crippen MR) is 104 cm³/mol. The Hall–Kier alpha value is -1.81. The van der Waals surface area contributed by atoms with E-state index in [4.69, 9.17) is 0 Å². The molecule has 1 aliphatic rings. The quantitative estimate of drug-likeness (QED) is 0.719. The van der Waals surface area contributed by atoms with Crippen molar-refractivity contribution in [3.63, 3.8) is 0 Å². The van der Waals surface area contributed by atoms with Crippen LogP contribution in [0.15, 0.2) is 46.0 Å². The molecule has 3 heterocycles. The van der Waals surface area contributed by atoms with E-state index >= 15 is 0 Å². The number of fused-ring (bicyclic) bond motifs is 1. The third-order valence-electron chi connectivity index (χ3n) is 4.44. The van der Waals surface area contributed by atoms with Crippen LogP contribution in [0.5, 0.6) is 0 Å². The molecule has 0 unspecified atom stereocenters. The van der Waals surface area contributed by atoms with E-state index in [1.165, 1.54) is 27.0 Å². The molecule has 1 fully saturated rings. The molecular weight excluding hydrogens is 390 g/mol. The number of para-hydroxylation sites is 1. The Morgan fingerprint density at radius 1 is 1.15 bits per heavy atom. The summed E-state index contributed by atoms with van der Waals surface area (Å²) < 4.78 is 27.9. The Kier molecular flexibility index (Phi) is 4.78. The number of anilines is 1. The largest absolute Gasteiger partial charge is 0.302 e. The van der Waals surface area contributed by atoms with Crippen molar-refractivity contribution in [1.82, 2.24) is 9.29 Å². The highest BCUT2D eigenvalue weighted by atomic mass is 32.2. The van der Waals surface area contributed by atoms with Gasteiger partial charge in [0, 0.05) is 19.0 Å². The minimum absolute atomic E-state index is 0.0859. The van der Waals surface area contributed by atoms with Crippen molar-refractivity contribution in [2.75, 3.05) is 18.4 Å². The van der Waals surface area contributed by atoms with Crippen LogP contribution in [0, 0.1) is 5.92 Å². The van der Waals surface area contributed by atoms with E-state index in [-0.39, 0.29) is 11.8 Å². The third kappa shape index (κ3) is 3.39. The lowest BCUT2D eigenvalue weighted by Crippen LogP contribution is -2.41. The number of aromatic nitrogens is 1. The maximum Gasteiger partial charge on any atom is 0.252 e. The Bertz CT molecular complexity index is 987. The Morgan fingerprint density at radius 2 is 1.92 bits per heavy atom. The summed E-state index contributed by atoms with van der Waals surface area (Å²) in [5, 5.41) is 5.23. The molecule has 136 valence electrons. The summed E-state index contributed by atoms with van der Waals surface area (Å²) in [4.78, 5) is 16.9. The highest BCUT2D eigenvalue weighted by Crippen LogP contribution is 2.29. The normalized spacial score (nSPS) is 16.8. The first-order chi connectivity index (χ1) is 12.5. The molecule has 1 aromatic carbocycles. The van der Waals surface area contributed by atoms with Gasteiger partial charge < -0.3 is 5.32 Å². The van der Waals surface area contributed by atoms with Crippen LogP contribution in [-0.2, 0) is 14.8 Å². The fourth-order valence-electron chi connectivity index (χ4n) is 3.03. The Morgan fingerprint density at radius 3 is 2.62 bits per heavy atom. The molecule has 6 nitrogen and oxygen atoms in total. The zero-order valence-electron chi connectivity index (χ0n) is 13.8. The number of piperidine rings is 1. The van der Waals surface area contributed by atoms with Gasteiger partial charge >= 0.3 is 0 Å². The van der Waals surface area contributed by atoms with Crippen LogP contribution in [0.3, 0.4) is 0 Å². The smallest absolute Gasteiger partial charge is 0.252 e. The average molecular weight is 408 g/mol. The average Bonchev–Trinajstić information content (AvgIpc) is 3.31. The molecule has 1 aliphatic heterocycles. The molecule has 0 radical (unpaired) electrons. The van der Waals surface area contributed by atoms with Crippen LogP contribution < -0.4 is 5.32 Å². The standard InChI is InChI=1S/C17H17N3O3S3/c21-16(19-17-18-13-4-1-2-5-14(13)25-17)12-7-9-20(10-8-12)26(22,23)15-6-3-11-24-15/h1-6,11-12H,7-10H2,(H,18,19,21). The SMILES string of the molecule is O=C(Nc1nc2ccccc2s1)C1CCN(S(=O)(=O)c2cccs2)CC1. The van der Waals surface area contributed by atoms with E-state index < -0.39 is 10.0 Å². The number of benzene rings is 1. The van der Waals surface area contributed by atoms with Gasteiger partial charge in [0.25, 0.3) is 10.0 Å². The van der Waals surface area contributed by atoms with Crippen molar-refractivity contribution in [2.24, 2.45) is 5.92 Å². The van der Waals surface area contributed by atoms with Gasteiger partial charge in [-0.05, 0) is 36.4 Å². The topological polar surface area (TPSA) is 79.4 Å². The minimum Gasteiger partial charge on any atom is -0.302 e. The molecule has 0 spiro atoms.